The molecule has 1 amide bonds. The number of aromatic nitrogens is 2. The third kappa shape index (κ3) is 4.89. The zero-order chi connectivity index (χ0) is 22.9. The molecule has 0 bridgehead atoms. The summed E-state index contributed by atoms with van der Waals surface area (Å²) in [6.45, 7) is 3.63. The number of benzene rings is 1. The van der Waals surface area contributed by atoms with E-state index in [2.05, 4.69) is 9.97 Å². The van der Waals surface area contributed by atoms with E-state index in [1.165, 1.54) is 37.0 Å². The minimum Gasteiger partial charge on any atom is -0.439 e. The van der Waals surface area contributed by atoms with E-state index in [9.17, 15) is 18.0 Å². The van der Waals surface area contributed by atoms with E-state index in [-0.39, 0.29) is 6.54 Å². The van der Waals surface area contributed by atoms with E-state index in [0.717, 1.165) is 29.9 Å². The van der Waals surface area contributed by atoms with E-state index in [1.54, 1.807) is 32.3 Å². The first kappa shape index (κ1) is 22.6. The monoisotopic (exact) mass is 447 g/mol. The molecule has 1 aliphatic carbocycles. The molecule has 1 aliphatic heterocycles. The fraction of sp³-hybridized carbons (Fsp3) is 0.542. The average molecular weight is 448 g/mol. The van der Waals surface area contributed by atoms with Crippen LogP contribution in [0.4, 0.5) is 18.0 Å². The van der Waals surface area contributed by atoms with Gasteiger partial charge in [0.05, 0.1) is 29.5 Å². The number of amides is 1. The van der Waals surface area contributed by atoms with Crippen LogP contribution in [-0.4, -0.2) is 27.0 Å². The number of rotatable bonds is 5. The molecule has 5 nitrogen and oxygen atoms in total. The third-order valence-corrected chi connectivity index (χ3v) is 6.53. The molecule has 0 unspecified atom stereocenters. The average Bonchev–Trinajstić information content (AvgIpc) is 3.03. The van der Waals surface area contributed by atoms with E-state index in [4.69, 9.17) is 4.74 Å². The summed E-state index contributed by atoms with van der Waals surface area (Å²) in [5, 5.41) is 0. The summed E-state index contributed by atoms with van der Waals surface area (Å²) in [6.07, 6.45) is 4.41. The smallest absolute Gasteiger partial charge is 0.416 e. The lowest BCUT2D eigenvalue weighted by atomic mass is 9.85. The molecule has 2 fully saturated rings. The Morgan fingerprint density at radius 1 is 1.06 bits per heavy atom. The number of hydrogen-bond donors (Lipinski definition) is 0. The van der Waals surface area contributed by atoms with Gasteiger partial charge < -0.3 is 4.74 Å². The van der Waals surface area contributed by atoms with Crippen molar-refractivity contribution in [2.45, 2.75) is 77.2 Å². The van der Waals surface area contributed by atoms with Crippen molar-refractivity contribution in [1.82, 2.24) is 14.9 Å². The summed E-state index contributed by atoms with van der Waals surface area (Å²) >= 11 is 0. The number of carbonyl (C=O) groups is 1. The van der Waals surface area contributed by atoms with Crippen molar-refractivity contribution in [3.63, 3.8) is 0 Å². The van der Waals surface area contributed by atoms with Crippen LogP contribution in [0.1, 0.15) is 73.2 Å². The van der Waals surface area contributed by atoms with Gasteiger partial charge in [-0.2, -0.15) is 13.2 Å². The Balaban J connectivity index is 1.53. The second-order valence-electron chi connectivity index (χ2n) is 8.96. The van der Waals surface area contributed by atoms with Crippen LogP contribution < -0.4 is 0 Å². The fourth-order valence-corrected chi connectivity index (χ4v) is 4.82. The third-order valence-electron chi connectivity index (χ3n) is 6.53. The highest BCUT2D eigenvalue weighted by atomic mass is 19.4. The lowest BCUT2D eigenvalue weighted by Gasteiger charge is -2.24. The molecule has 172 valence electrons. The van der Waals surface area contributed by atoms with Gasteiger partial charge in [0.15, 0.2) is 0 Å². The molecule has 1 aromatic heterocycles. The molecule has 32 heavy (non-hydrogen) atoms. The largest absolute Gasteiger partial charge is 0.439 e. The first-order chi connectivity index (χ1) is 15.2. The Kier molecular flexibility index (Phi) is 6.40. The molecule has 2 atom stereocenters. The van der Waals surface area contributed by atoms with Crippen molar-refractivity contribution in [1.29, 1.82) is 0 Å². The number of aryl methyl sites for hydroxylation is 1. The molecular weight excluding hydrogens is 419 g/mol. The first-order valence-corrected chi connectivity index (χ1v) is 11.2. The van der Waals surface area contributed by atoms with Crippen LogP contribution in [0, 0.1) is 12.8 Å². The van der Waals surface area contributed by atoms with E-state index in [1.807, 2.05) is 0 Å². The van der Waals surface area contributed by atoms with Gasteiger partial charge in [0.25, 0.3) is 0 Å². The molecule has 1 saturated carbocycles. The molecule has 1 saturated heterocycles. The van der Waals surface area contributed by atoms with Crippen molar-refractivity contribution < 1.29 is 22.7 Å². The van der Waals surface area contributed by atoms with Gasteiger partial charge in [-0.15, -0.1) is 0 Å². The summed E-state index contributed by atoms with van der Waals surface area (Å²) < 4.78 is 45.4. The number of alkyl halides is 3. The summed E-state index contributed by atoms with van der Waals surface area (Å²) in [5.41, 5.74) is 1.70. The van der Waals surface area contributed by atoms with Crippen LogP contribution in [0.15, 0.2) is 30.6 Å². The highest BCUT2D eigenvalue weighted by Crippen LogP contribution is 2.38. The number of cyclic esters (lactones) is 1. The molecular formula is C24H28F3N3O2. The molecule has 1 aromatic carbocycles. The van der Waals surface area contributed by atoms with Gasteiger partial charge in [0.1, 0.15) is 6.10 Å². The summed E-state index contributed by atoms with van der Waals surface area (Å²) in [4.78, 5) is 23.2. The Hall–Kier alpha value is -2.64. The molecule has 2 heterocycles. The normalized spacial score (nSPS) is 22.3. The van der Waals surface area contributed by atoms with Gasteiger partial charge in [-0.25, -0.2) is 4.79 Å². The SMILES string of the molecule is Cc1cc([C@H]2OC(=O)N(Cc3nccnc3CC3CCCCC3)[C@H]2C)cc(C(F)(F)F)c1. The topological polar surface area (TPSA) is 55.3 Å². The van der Waals surface area contributed by atoms with Crippen molar-refractivity contribution in [3.8, 4) is 0 Å². The minimum atomic E-state index is -4.46. The maximum absolute atomic E-state index is 13.3. The van der Waals surface area contributed by atoms with Crippen molar-refractivity contribution in [3.05, 3.63) is 58.7 Å². The van der Waals surface area contributed by atoms with E-state index >= 15 is 0 Å². The first-order valence-electron chi connectivity index (χ1n) is 11.2. The number of ether oxygens (including phenoxy) is 1. The van der Waals surface area contributed by atoms with Crippen LogP contribution in [0.25, 0.3) is 0 Å². The molecule has 0 N–H and O–H groups in total. The van der Waals surface area contributed by atoms with Crippen LogP contribution in [-0.2, 0) is 23.9 Å². The van der Waals surface area contributed by atoms with E-state index < -0.39 is 30.0 Å². The van der Waals surface area contributed by atoms with Crippen molar-refractivity contribution in [2.75, 3.05) is 0 Å². The molecule has 0 radical (unpaired) electrons. The predicted molar refractivity (Wildman–Crippen MR) is 113 cm³/mol. The molecule has 2 aliphatic rings. The summed E-state index contributed by atoms with van der Waals surface area (Å²) in [7, 11) is 0. The van der Waals surface area contributed by atoms with Gasteiger partial charge in [-0.3, -0.25) is 14.9 Å². The van der Waals surface area contributed by atoms with Crippen LogP contribution >= 0.6 is 0 Å². The van der Waals surface area contributed by atoms with Gasteiger partial charge in [-0.05, 0) is 43.9 Å². The Morgan fingerprint density at radius 3 is 2.44 bits per heavy atom. The zero-order valence-electron chi connectivity index (χ0n) is 18.4. The summed E-state index contributed by atoms with van der Waals surface area (Å²) in [5.74, 6) is 0.572. The second kappa shape index (κ2) is 9.08. The van der Waals surface area contributed by atoms with Gasteiger partial charge in [0, 0.05) is 12.4 Å². The standard InChI is InChI=1S/C24H28F3N3O2/c1-15-10-18(13-19(11-15)24(25,26)27)22-16(2)30(23(31)32-22)14-21-20(28-8-9-29-21)12-17-6-4-3-5-7-17/h8-11,13,16-17,22H,3-7,12,14H2,1-2H3/t16-,22-/m0/s1. The van der Waals surface area contributed by atoms with Gasteiger partial charge >= 0.3 is 12.3 Å². The summed E-state index contributed by atoms with van der Waals surface area (Å²) in [6, 6.07) is 3.38. The van der Waals surface area contributed by atoms with Crippen LogP contribution in [0.5, 0.6) is 0 Å². The maximum atomic E-state index is 13.3. The lowest BCUT2D eigenvalue weighted by Crippen LogP contribution is -2.32. The number of carbonyl (C=O) groups excluding carboxylic acids is 1. The number of hydrogen-bond acceptors (Lipinski definition) is 4. The predicted octanol–water partition coefficient (Wildman–Crippen LogP) is 6.01. The highest BCUT2D eigenvalue weighted by Gasteiger charge is 2.41. The van der Waals surface area contributed by atoms with Crippen molar-refractivity contribution >= 4 is 6.09 Å². The molecule has 4 rings (SSSR count). The molecule has 2 aromatic rings. The second-order valence-corrected chi connectivity index (χ2v) is 8.96. The fourth-order valence-electron chi connectivity index (χ4n) is 4.82. The highest BCUT2D eigenvalue weighted by molar-refractivity contribution is 5.71. The molecule has 8 heteroatoms. The molecule has 0 spiro atoms. The van der Waals surface area contributed by atoms with Gasteiger partial charge in [-0.1, -0.05) is 43.7 Å². The minimum absolute atomic E-state index is 0.227. The number of nitrogens with zero attached hydrogens (tertiary/aromatic N) is 3. The Labute approximate surface area is 186 Å². The Morgan fingerprint density at radius 2 is 1.75 bits per heavy atom. The Bertz CT molecular complexity index is 973. The van der Waals surface area contributed by atoms with Crippen molar-refractivity contribution in [2.24, 2.45) is 5.92 Å². The maximum Gasteiger partial charge on any atom is 0.416 e. The quantitative estimate of drug-likeness (QED) is 0.563. The zero-order valence-corrected chi connectivity index (χ0v) is 18.4. The van der Waals surface area contributed by atoms with Crippen LogP contribution in [0.3, 0.4) is 0 Å². The number of halogens is 3. The van der Waals surface area contributed by atoms with E-state index in [0.29, 0.717) is 17.0 Å². The van der Waals surface area contributed by atoms with Crippen LogP contribution in [0.2, 0.25) is 0 Å². The lowest BCUT2D eigenvalue weighted by molar-refractivity contribution is -0.137. The van der Waals surface area contributed by atoms with Gasteiger partial charge in [0.2, 0.25) is 0 Å².